The van der Waals surface area contributed by atoms with Crippen LogP contribution in [0.1, 0.15) is 25.7 Å². The fourth-order valence-corrected chi connectivity index (χ4v) is 4.16. The summed E-state index contributed by atoms with van der Waals surface area (Å²) < 4.78 is 12.9. The molecular weight excluding hydrogens is 297 g/mol. The van der Waals surface area contributed by atoms with Gasteiger partial charge in [0.2, 0.25) is 0 Å². The van der Waals surface area contributed by atoms with Gasteiger partial charge in [0.25, 0.3) is 0 Å². The Kier molecular flexibility index (Phi) is 4.91. The zero-order chi connectivity index (χ0) is 15.4. The van der Waals surface area contributed by atoms with Crippen molar-refractivity contribution in [1.82, 2.24) is 10.2 Å². The number of nitrogens with zero attached hydrogens (tertiary/aromatic N) is 2. The van der Waals surface area contributed by atoms with E-state index in [1.807, 2.05) is 19.2 Å². The molecule has 1 aromatic rings. The first-order valence-electron chi connectivity index (χ1n) is 8.05. The fraction of sp³-hybridized carbons (Fsp3) is 0.588. The lowest BCUT2D eigenvalue weighted by Gasteiger charge is -2.38. The number of benzene rings is 1. The zero-order valence-corrected chi connectivity index (χ0v) is 14.0. The Labute approximate surface area is 136 Å². The number of guanidine groups is 1. The van der Waals surface area contributed by atoms with Crippen LogP contribution < -0.4 is 5.32 Å². The van der Waals surface area contributed by atoms with Gasteiger partial charge in [-0.3, -0.25) is 4.99 Å². The van der Waals surface area contributed by atoms with E-state index in [4.69, 9.17) is 0 Å². The van der Waals surface area contributed by atoms with Gasteiger partial charge in [0, 0.05) is 37.3 Å². The van der Waals surface area contributed by atoms with Gasteiger partial charge in [-0.1, -0.05) is 6.42 Å². The molecule has 1 aromatic carbocycles. The summed E-state index contributed by atoms with van der Waals surface area (Å²) in [6.45, 7) is 3.17. The minimum atomic E-state index is -0.179. The Morgan fingerprint density at radius 3 is 2.68 bits per heavy atom. The van der Waals surface area contributed by atoms with Crippen LogP contribution in [0.3, 0.4) is 0 Å². The van der Waals surface area contributed by atoms with E-state index >= 15 is 0 Å². The highest BCUT2D eigenvalue weighted by molar-refractivity contribution is 7.99. The second-order valence-corrected chi connectivity index (χ2v) is 7.47. The lowest BCUT2D eigenvalue weighted by Crippen LogP contribution is -2.43. The van der Waals surface area contributed by atoms with E-state index in [0.717, 1.165) is 36.2 Å². The third-order valence-corrected chi connectivity index (χ3v) is 5.85. The molecule has 3 nitrogen and oxygen atoms in total. The van der Waals surface area contributed by atoms with Gasteiger partial charge in [0.1, 0.15) is 5.82 Å². The maximum absolute atomic E-state index is 12.9. The molecule has 2 aliphatic rings. The van der Waals surface area contributed by atoms with E-state index in [2.05, 4.69) is 15.2 Å². The average Bonchev–Trinajstić information content (AvgIpc) is 2.95. The lowest BCUT2D eigenvalue weighted by molar-refractivity contribution is 0.151. The molecule has 1 aliphatic heterocycles. The van der Waals surface area contributed by atoms with E-state index in [0.29, 0.717) is 5.41 Å². The predicted molar refractivity (Wildman–Crippen MR) is 91.0 cm³/mol. The van der Waals surface area contributed by atoms with Crippen molar-refractivity contribution in [3.05, 3.63) is 30.1 Å². The molecule has 0 aromatic heterocycles. The van der Waals surface area contributed by atoms with Crippen molar-refractivity contribution in [2.45, 2.75) is 30.6 Å². The molecule has 0 unspecified atom stereocenters. The second-order valence-electron chi connectivity index (χ2n) is 6.30. The second kappa shape index (κ2) is 6.90. The summed E-state index contributed by atoms with van der Waals surface area (Å²) in [6.07, 6.45) is 5.49. The minimum absolute atomic E-state index is 0.179. The van der Waals surface area contributed by atoms with Crippen molar-refractivity contribution < 1.29 is 4.39 Å². The van der Waals surface area contributed by atoms with Gasteiger partial charge in [0.05, 0.1) is 0 Å². The SMILES string of the molecule is CN=C(NCCSc1ccc(F)cc1)N1CCC2(CCC2)C1. The van der Waals surface area contributed by atoms with Gasteiger partial charge in [-0.05, 0) is 48.9 Å². The third-order valence-electron chi connectivity index (χ3n) is 4.83. The Morgan fingerprint density at radius 1 is 1.32 bits per heavy atom. The van der Waals surface area contributed by atoms with Crippen LogP contribution in [-0.2, 0) is 0 Å². The molecule has 1 saturated carbocycles. The highest BCUT2D eigenvalue weighted by atomic mass is 32.2. The summed E-state index contributed by atoms with van der Waals surface area (Å²) in [5.74, 6) is 1.80. The van der Waals surface area contributed by atoms with Crippen LogP contribution >= 0.6 is 11.8 Å². The normalized spacial score (nSPS) is 20.3. The van der Waals surface area contributed by atoms with Crippen molar-refractivity contribution in [2.24, 2.45) is 10.4 Å². The van der Waals surface area contributed by atoms with Gasteiger partial charge in [-0.15, -0.1) is 11.8 Å². The lowest BCUT2D eigenvalue weighted by atomic mass is 9.68. The number of aliphatic imine (C=N–C) groups is 1. The monoisotopic (exact) mass is 321 g/mol. The summed E-state index contributed by atoms with van der Waals surface area (Å²) >= 11 is 1.74. The number of hydrogen-bond donors (Lipinski definition) is 1. The summed E-state index contributed by atoms with van der Waals surface area (Å²) in [6, 6.07) is 6.68. The van der Waals surface area contributed by atoms with Crippen molar-refractivity contribution in [2.75, 3.05) is 32.4 Å². The Morgan fingerprint density at radius 2 is 2.09 bits per heavy atom. The van der Waals surface area contributed by atoms with E-state index < -0.39 is 0 Å². The maximum Gasteiger partial charge on any atom is 0.193 e. The highest BCUT2D eigenvalue weighted by Gasteiger charge is 2.43. The Balaban J connectivity index is 1.41. The quantitative estimate of drug-likeness (QED) is 0.399. The molecule has 1 saturated heterocycles. The first-order valence-corrected chi connectivity index (χ1v) is 9.03. The van der Waals surface area contributed by atoms with E-state index in [9.17, 15) is 4.39 Å². The van der Waals surface area contributed by atoms with E-state index in [-0.39, 0.29) is 5.82 Å². The van der Waals surface area contributed by atoms with Crippen LogP contribution in [0.15, 0.2) is 34.2 Å². The van der Waals surface area contributed by atoms with Gasteiger partial charge < -0.3 is 10.2 Å². The first-order chi connectivity index (χ1) is 10.7. The number of nitrogens with one attached hydrogen (secondary N) is 1. The van der Waals surface area contributed by atoms with Crippen molar-refractivity contribution >= 4 is 17.7 Å². The van der Waals surface area contributed by atoms with Crippen LogP contribution in [0.4, 0.5) is 4.39 Å². The van der Waals surface area contributed by atoms with E-state index in [1.54, 1.807) is 11.8 Å². The number of halogens is 1. The molecule has 3 rings (SSSR count). The van der Waals surface area contributed by atoms with E-state index in [1.165, 1.54) is 37.8 Å². The molecule has 1 spiro atoms. The fourth-order valence-electron chi connectivity index (χ4n) is 3.40. The van der Waals surface area contributed by atoms with Gasteiger partial charge >= 0.3 is 0 Å². The summed E-state index contributed by atoms with van der Waals surface area (Å²) in [7, 11) is 1.86. The van der Waals surface area contributed by atoms with Crippen LogP contribution in [0.25, 0.3) is 0 Å². The molecule has 120 valence electrons. The standard InChI is InChI=1S/C17H24FN3S/c1-19-16(21-11-9-17(13-21)7-2-8-17)20-10-12-22-15-5-3-14(18)4-6-15/h3-6H,2,7-13H2,1H3,(H,19,20). The number of likely N-dealkylation sites (tertiary alicyclic amines) is 1. The van der Waals surface area contributed by atoms with Gasteiger partial charge in [-0.25, -0.2) is 4.39 Å². The highest BCUT2D eigenvalue weighted by Crippen LogP contribution is 2.47. The molecule has 0 bridgehead atoms. The molecular formula is C17H24FN3S. The Bertz CT molecular complexity index is 525. The van der Waals surface area contributed by atoms with Crippen molar-refractivity contribution in [1.29, 1.82) is 0 Å². The van der Waals surface area contributed by atoms with Crippen LogP contribution in [-0.4, -0.2) is 43.3 Å². The number of hydrogen-bond acceptors (Lipinski definition) is 2. The van der Waals surface area contributed by atoms with Gasteiger partial charge in [-0.2, -0.15) is 0 Å². The van der Waals surface area contributed by atoms with Crippen LogP contribution in [0.5, 0.6) is 0 Å². The molecule has 22 heavy (non-hydrogen) atoms. The number of rotatable bonds is 4. The molecule has 2 fully saturated rings. The molecule has 5 heteroatoms. The molecule has 1 N–H and O–H groups in total. The number of thioether (sulfide) groups is 1. The first kappa shape index (κ1) is 15.7. The average molecular weight is 321 g/mol. The van der Waals surface area contributed by atoms with Gasteiger partial charge in [0.15, 0.2) is 5.96 Å². The van der Waals surface area contributed by atoms with Crippen molar-refractivity contribution in [3.63, 3.8) is 0 Å². The maximum atomic E-state index is 12.9. The molecule has 0 radical (unpaired) electrons. The smallest absolute Gasteiger partial charge is 0.193 e. The molecule has 1 heterocycles. The van der Waals surface area contributed by atoms with Crippen LogP contribution in [0, 0.1) is 11.2 Å². The Hall–Kier alpha value is -1.23. The predicted octanol–water partition coefficient (Wildman–Crippen LogP) is 3.37. The zero-order valence-electron chi connectivity index (χ0n) is 13.1. The largest absolute Gasteiger partial charge is 0.355 e. The van der Waals surface area contributed by atoms with Crippen LogP contribution in [0.2, 0.25) is 0 Å². The molecule has 1 aliphatic carbocycles. The molecule has 0 atom stereocenters. The summed E-state index contributed by atoms with van der Waals surface area (Å²) in [4.78, 5) is 7.93. The van der Waals surface area contributed by atoms with Crippen molar-refractivity contribution in [3.8, 4) is 0 Å². The minimum Gasteiger partial charge on any atom is -0.355 e. The summed E-state index contributed by atoms with van der Waals surface area (Å²) in [5, 5.41) is 3.46. The summed E-state index contributed by atoms with van der Waals surface area (Å²) in [5.41, 5.74) is 0.598. The topological polar surface area (TPSA) is 27.6 Å². The third kappa shape index (κ3) is 3.57. The molecule has 0 amide bonds.